The minimum absolute atomic E-state index is 0.0195. The Kier molecular flexibility index (Phi) is 5.21. The summed E-state index contributed by atoms with van der Waals surface area (Å²) in [5, 5.41) is 25.2. The SMILES string of the molecule is C[C@@]1(O)CC[C@@]2(C)[C@@H](CC[C@@H]3[C@]2(N)CC[C@]2(C)[C@@H](C(O)Cn4[nH]c5c(F)cc(F)cc54)CC[C@@]32N)C1. The van der Waals surface area contributed by atoms with Crippen LogP contribution in [0.5, 0.6) is 0 Å². The van der Waals surface area contributed by atoms with Crippen LogP contribution in [0.25, 0.3) is 11.0 Å². The Bertz CT molecular complexity index is 1190. The number of nitrogens with one attached hydrogen (secondary N) is 1. The third-order valence-corrected chi connectivity index (χ3v) is 12.1. The normalized spacial score (nSPS) is 47.4. The van der Waals surface area contributed by atoms with Crippen molar-refractivity contribution >= 4 is 11.0 Å². The number of fused-ring (bicyclic) bond motifs is 6. The molecule has 2 aromatic rings. The molecule has 4 fully saturated rings. The van der Waals surface area contributed by atoms with Crippen molar-refractivity contribution in [1.82, 2.24) is 9.78 Å². The number of aliphatic hydroxyl groups is 2. The lowest BCUT2D eigenvalue weighted by Gasteiger charge is -2.69. The summed E-state index contributed by atoms with van der Waals surface area (Å²) in [7, 11) is 0. The predicted octanol–water partition coefficient (Wildman–Crippen LogP) is 4.18. The lowest BCUT2D eigenvalue weighted by Crippen LogP contribution is -2.77. The fourth-order valence-electron chi connectivity index (χ4n) is 9.73. The van der Waals surface area contributed by atoms with Crippen LogP contribution in [-0.4, -0.2) is 42.8 Å². The molecule has 9 atom stereocenters. The van der Waals surface area contributed by atoms with E-state index < -0.39 is 28.9 Å². The van der Waals surface area contributed by atoms with Gasteiger partial charge in [-0.1, -0.05) is 13.8 Å². The lowest BCUT2D eigenvalue weighted by molar-refractivity contribution is -0.170. The van der Waals surface area contributed by atoms with Gasteiger partial charge < -0.3 is 21.7 Å². The standard InChI is InChI=1S/C28H42F2N4O2/c1-24(36)8-9-25(2)16(14-24)4-5-22-27(31)7-6-18(26(27,3)10-11-28(22,25)32)21(35)15-34-20-13-17(29)12-19(30)23(20)33-34/h12-13,16,18,21-22,33,35-36H,4-11,14-15,31-32H2,1-3H3/t16-,18+,21?,22-,24+,25-,26+,27+,28+/m0/s1. The first-order valence-corrected chi connectivity index (χ1v) is 13.8. The molecule has 0 radical (unpaired) electrons. The number of rotatable bonds is 3. The Hall–Kier alpha value is -1.48. The molecule has 1 heterocycles. The summed E-state index contributed by atoms with van der Waals surface area (Å²) in [5.74, 6) is -0.702. The van der Waals surface area contributed by atoms with Crippen LogP contribution in [0.15, 0.2) is 12.1 Å². The van der Waals surface area contributed by atoms with E-state index in [0.29, 0.717) is 11.4 Å². The van der Waals surface area contributed by atoms with Gasteiger partial charge in [-0.05, 0) is 93.3 Å². The summed E-state index contributed by atoms with van der Waals surface area (Å²) in [5.41, 5.74) is 13.8. The highest BCUT2D eigenvalue weighted by atomic mass is 19.1. The van der Waals surface area contributed by atoms with Crippen LogP contribution >= 0.6 is 0 Å². The Labute approximate surface area is 211 Å². The fraction of sp³-hybridized carbons (Fsp3) is 0.786. The topological polar surface area (TPSA) is 113 Å². The predicted molar refractivity (Wildman–Crippen MR) is 135 cm³/mol. The quantitative estimate of drug-likeness (QED) is 0.432. The Balaban J connectivity index is 1.27. The van der Waals surface area contributed by atoms with Crippen LogP contribution in [0.2, 0.25) is 0 Å². The van der Waals surface area contributed by atoms with E-state index in [1.165, 1.54) is 6.07 Å². The smallest absolute Gasteiger partial charge is 0.153 e. The van der Waals surface area contributed by atoms with Crippen molar-refractivity contribution in [3.63, 3.8) is 0 Å². The zero-order chi connectivity index (χ0) is 25.9. The van der Waals surface area contributed by atoms with E-state index in [0.717, 1.165) is 63.9 Å². The van der Waals surface area contributed by atoms with Gasteiger partial charge in [0.2, 0.25) is 0 Å². The van der Waals surface area contributed by atoms with Crippen LogP contribution in [0, 0.1) is 40.2 Å². The third-order valence-electron chi connectivity index (χ3n) is 12.1. The molecule has 4 saturated carbocycles. The third kappa shape index (κ3) is 3.07. The van der Waals surface area contributed by atoms with E-state index in [4.69, 9.17) is 11.5 Å². The largest absolute Gasteiger partial charge is 0.391 e. The number of H-pyrrole nitrogens is 1. The molecule has 8 heteroatoms. The van der Waals surface area contributed by atoms with Crippen LogP contribution < -0.4 is 11.5 Å². The summed E-state index contributed by atoms with van der Waals surface area (Å²) >= 11 is 0. The van der Waals surface area contributed by atoms with Crippen molar-refractivity contribution in [3.8, 4) is 0 Å². The maximum absolute atomic E-state index is 14.0. The molecule has 4 aliphatic rings. The van der Waals surface area contributed by atoms with Crippen molar-refractivity contribution in [2.75, 3.05) is 0 Å². The number of aliphatic hydroxyl groups excluding tert-OH is 1. The molecule has 0 spiro atoms. The van der Waals surface area contributed by atoms with Crippen molar-refractivity contribution in [2.45, 2.75) is 108 Å². The number of hydrogen-bond acceptors (Lipinski definition) is 4. The second-order valence-electron chi connectivity index (χ2n) is 13.7. The highest BCUT2D eigenvalue weighted by Gasteiger charge is 2.71. The number of hydrogen-bond donors (Lipinski definition) is 5. The molecule has 6 rings (SSSR count). The van der Waals surface area contributed by atoms with Gasteiger partial charge >= 0.3 is 0 Å². The molecule has 0 saturated heterocycles. The highest BCUT2D eigenvalue weighted by Crippen LogP contribution is 2.69. The van der Waals surface area contributed by atoms with E-state index >= 15 is 0 Å². The molecule has 6 nitrogen and oxygen atoms in total. The number of benzene rings is 1. The van der Waals surface area contributed by atoms with Crippen LogP contribution in [-0.2, 0) is 6.54 Å². The van der Waals surface area contributed by atoms with Gasteiger partial charge in [-0.15, -0.1) is 0 Å². The second-order valence-corrected chi connectivity index (χ2v) is 13.7. The number of aromatic amines is 1. The number of halogens is 2. The van der Waals surface area contributed by atoms with Crippen molar-refractivity contribution < 1.29 is 19.0 Å². The minimum atomic E-state index is -0.686. The monoisotopic (exact) mass is 504 g/mol. The average molecular weight is 505 g/mol. The van der Waals surface area contributed by atoms with Gasteiger partial charge in [0.15, 0.2) is 5.82 Å². The van der Waals surface area contributed by atoms with Crippen LogP contribution in [0.4, 0.5) is 8.78 Å². The van der Waals surface area contributed by atoms with Gasteiger partial charge in [-0.3, -0.25) is 9.78 Å². The van der Waals surface area contributed by atoms with Gasteiger partial charge in [0.1, 0.15) is 11.3 Å². The number of nitrogens with two attached hydrogens (primary N) is 2. The van der Waals surface area contributed by atoms with Gasteiger partial charge in [-0.2, -0.15) is 0 Å². The van der Waals surface area contributed by atoms with Crippen molar-refractivity contribution in [1.29, 1.82) is 0 Å². The lowest BCUT2D eigenvalue weighted by atomic mass is 9.39. The summed E-state index contributed by atoms with van der Waals surface area (Å²) in [6.45, 7) is 6.79. The molecule has 1 aromatic heterocycles. The molecule has 4 aliphatic carbocycles. The number of nitrogens with zero attached hydrogens (tertiary/aromatic N) is 1. The summed E-state index contributed by atoms with van der Waals surface area (Å²) in [6.07, 6.45) is 7.15. The van der Waals surface area contributed by atoms with Gasteiger partial charge in [0, 0.05) is 23.2 Å². The zero-order valence-corrected chi connectivity index (χ0v) is 21.8. The Morgan fingerprint density at radius 1 is 1.00 bits per heavy atom. The van der Waals surface area contributed by atoms with Crippen LogP contribution in [0.3, 0.4) is 0 Å². The first-order valence-electron chi connectivity index (χ1n) is 13.8. The van der Waals surface area contributed by atoms with Gasteiger partial charge in [-0.25, -0.2) is 8.78 Å². The zero-order valence-electron chi connectivity index (χ0n) is 21.8. The molecular weight excluding hydrogens is 462 g/mol. The maximum Gasteiger partial charge on any atom is 0.153 e. The Morgan fingerprint density at radius 2 is 1.69 bits per heavy atom. The van der Waals surface area contributed by atoms with Crippen molar-refractivity contribution in [3.05, 3.63) is 23.8 Å². The first kappa shape index (κ1) is 24.8. The molecule has 1 unspecified atom stereocenters. The van der Waals surface area contributed by atoms with E-state index in [9.17, 15) is 19.0 Å². The first-order chi connectivity index (χ1) is 16.7. The maximum atomic E-state index is 14.0. The average Bonchev–Trinajstić information content (AvgIpc) is 3.06. The minimum Gasteiger partial charge on any atom is -0.391 e. The van der Waals surface area contributed by atoms with E-state index in [2.05, 4.69) is 18.9 Å². The fourth-order valence-corrected chi connectivity index (χ4v) is 9.73. The molecule has 1 aromatic carbocycles. The van der Waals surface area contributed by atoms with Crippen molar-refractivity contribution in [2.24, 2.45) is 40.1 Å². The molecule has 0 aliphatic heterocycles. The molecule has 200 valence electrons. The highest BCUT2D eigenvalue weighted by molar-refractivity contribution is 5.77. The van der Waals surface area contributed by atoms with Crippen LogP contribution in [0.1, 0.15) is 78.6 Å². The number of aromatic nitrogens is 2. The van der Waals surface area contributed by atoms with E-state index in [1.54, 1.807) is 4.68 Å². The molecule has 0 amide bonds. The summed E-state index contributed by atoms with van der Waals surface area (Å²) < 4.78 is 29.4. The molecular formula is C28H42F2N4O2. The molecule has 36 heavy (non-hydrogen) atoms. The second kappa shape index (κ2) is 7.55. The van der Waals surface area contributed by atoms with E-state index in [1.807, 2.05) is 6.92 Å². The molecule has 7 N–H and O–H groups in total. The Morgan fingerprint density at radius 3 is 2.44 bits per heavy atom. The summed E-state index contributed by atoms with van der Waals surface area (Å²) in [4.78, 5) is 0. The summed E-state index contributed by atoms with van der Waals surface area (Å²) in [6, 6.07) is 2.17. The van der Waals surface area contributed by atoms with E-state index in [-0.39, 0.29) is 40.3 Å². The van der Waals surface area contributed by atoms with Gasteiger partial charge in [0.25, 0.3) is 0 Å². The molecule has 0 bridgehead atoms. The van der Waals surface area contributed by atoms with Gasteiger partial charge in [0.05, 0.1) is 23.8 Å².